The topological polar surface area (TPSA) is 139 Å². The smallest absolute Gasteiger partial charge is 0.408 e. The Morgan fingerprint density at radius 2 is 1.71 bits per heavy atom. The SMILES string of the molecule is CCOC(=O)[C@H](CCO)NC(=O)OC(C)(C)C.Cc1ccc(S(=O)(=O)O)cc1. The third-order valence-electron chi connectivity index (χ3n) is 3.00. The van der Waals surface area contributed by atoms with Crippen molar-refractivity contribution in [3.63, 3.8) is 0 Å². The summed E-state index contributed by atoms with van der Waals surface area (Å²) < 4.78 is 39.3. The second-order valence-corrected chi connectivity index (χ2v) is 8.17. The second-order valence-electron chi connectivity index (χ2n) is 6.75. The van der Waals surface area contributed by atoms with E-state index >= 15 is 0 Å². The number of carbonyl (C=O) groups is 2. The van der Waals surface area contributed by atoms with E-state index in [-0.39, 0.29) is 24.5 Å². The van der Waals surface area contributed by atoms with Gasteiger partial charge in [0.15, 0.2) is 0 Å². The first kappa shape index (κ1) is 25.8. The Balaban J connectivity index is 0.000000567. The molecule has 0 aliphatic rings. The molecule has 1 rings (SSSR count). The van der Waals surface area contributed by atoms with Crippen molar-refractivity contribution >= 4 is 22.2 Å². The molecule has 0 spiro atoms. The fraction of sp³-hybridized carbons (Fsp3) is 0.556. The molecule has 10 heteroatoms. The van der Waals surface area contributed by atoms with Gasteiger partial charge in [-0.3, -0.25) is 4.55 Å². The number of aliphatic hydroxyl groups is 1. The molecule has 1 amide bonds. The second kappa shape index (κ2) is 11.6. The highest BCUT2D eigenvalue weighted by atomic mass is 32.2. The molecule has 0 aliphatic heterocycles. The van der Waals surface area contributed by atoms with Crippen LogP contribution in [0.25, 0.3) is 0 Å². The van der Waals surface area contributed by atoms with Crippen molar-refractivity contribution in [2.45, 2.75) is 57.6 Å². The number of rotatable bonds is 6. The number of nitrogens with one attached hydrogen (secondary N) is 1. The number of benzene rings is 1. The molecule has 0 bridgehead atoms. The predicted molar refractivity (Wildman–Crippen MR) is 102 cm³/mol. The molecule has 0 saturated heterocycles. The summed E-state index contributed by atoms with van der Waals surface area (Å²) in [7, 11) is -4.02. The van der Waals surface area contributed by atoms with Crippen LogP contribution >= 0.6 is 0 Å². The summed E-state index contributed by atoms with van der Waals surface area (Å²) in [5.74, 6) is -0.576. The average Bonchev–Trinajstić information content (AvgIpc) is 2.53. The predicted octanol–water partition coefficient (Wildman–Crippen LogP) is 2.07. The van der Waals surface area contributed by atoms with Crippen molar-refractivity contribution in [3.05, 3.63) is 29.8 Å². The largest absolute Gasteiger partial charge is 0.464 e. The van der Waals surface area contributed by atoms with Crippen LogP contribution in [0.2, 0.25) is 0 Å². The normalized spacial score (nSPS) is 12.2. The van der Waals surface area contributed by atoms with Gasteiger partial charge in [0.05, 0.1) is 11.5 Å². The van der Waals surface area contributed by atoms with Crippen molar-refractivity contribution in [2.24, 2.45) is 0 Å². The van der Waals surface area contributed by atoms with E-state index < -0.39 is 33.8 Å². The van der Waals surface area contributed by atoms with Gasteiger partial charge in [-0.1, -0.05) is 17.7 Å². The fourth-order valence-electron chi connectivity index (χ4n) is 1.78. The maximum atomic E-state index is 11.4. The average molecular weight is 419 g/mol. The summed E-state index contributed by atoms with van der Waals surface area (Å²) in [5, 5.41) is 11.2. The molecule has 1 atom stereocenters. The molecule has 1 aromatic carbocycles. The van der Waals surface area contributed by atoms with Gasteiger partial charge in [-0.15, -0.1) is 0 Å². The van der Waals surface area contributed by atoms with Gasteiger partial charge < -0.3 is 19.9 Å². The number of ether oxygens (including phenoxy) is 2. The van der Waals surface area contributed by atoms with Crippen molar-refractivity contribution in [3.8, 4) is 0 Å². The van der Waals surface area contributed by atoms with E-state index in [2.05, 4.69) is 5.32 Å². The molecule has 0 aliphatic carbocycles. The van der Waals surface area contributed by atoms with Crippen LogP contribution in [0.1, 0.15) is 39.7 Å². The Bertz CT molecular complexity index is 723. The monoisotopic (exact) mass is 419 g/mol. The molecular formula is C18H29NO8S. The molecule has 160 valence electrons. The zero-order valence-electron chi connectivity index (χ0n) is 16.8. The molecule has 9 nitrogen and oxygen atoms in total. The minimum atomic E-state index is -4.02. The quantitative estimate of drug-likeness (QED) is 0.470. The van der Waals surface area contributed by atoms with Gasteiger partial charge in [0.25, 0.3) is 10.1 Å². The Morgan fingerprint density at radius 1 is 1.18 bits per heavy atom. The fourth-order valence-corrected chi connectivity index (χ4v) is 2.26. The minimum absolute atomic E-state index is 0.0666. The van der Waals surface area contributed by atoms with Crippen LogP contribution in [0, 0.1) is 6.92 Å². The highest BCUT2D eigenvalue weighted by Gasteiger charge is 2.24. The lowest BCUT2D eigenvalue weighted by atomic mass is 10.2. The standard InChI is InChI=1S/C11H21NO5.C7H8O3S/c1-5-16-9(14)8(6-7-13)12-10(15)17-11(2,3)4;1-6-2-4-7(5-3-6)11(8,9)10/h8,13H,5-7H2,1-4H3,(H,12,15);2-5H,1H3,(H,8,9,10)/t8-;/m0./s1. The highest BCUT2D eigenvalue weighted by molar-refractivity contribution is 7.85. The number of alkyl carbamates (subject to hydrolysis) is 1. The molecule has 0 heterocycles. The van der Waals surface area contributed by atoms with Gasteiger partial charge in [-0.25, -0.2) is 9.59 Å². The molecule has 0 unspecified atom stereocenters. The van der Waals surface area contributed by atoms with Gasteiger partial charge in [0.1, 0.15) is 11.6 Å². The van der Waals surface area contributed by atoms with Crippen molar-refractivity contribution in [2.75, 3.05) is 13.2 Å². The molecule has 0 aromatic heterocycles. The zero-order valence-corrected chi connectivity index (χ0v) is 17.6. The Labute approximate surface area is 165 Å². The molecule has 1 aromatic rings. The molecular weight excluding hydrogens is 390 g/mol. The number of carbonyl (C=O) groups excluding carboxylic acids is 2. The van der Waals surface area contributed by atoms with Crippen molar-refractivity contribution in [1.29, 1.82) is 0 Å². The van der Waals surface area contributed by atoms with E-state index in [0.29, 0.717) is 0 Å². The number of esters is 1. The highest BCUT2D eigenvalue weighted by Crippen LogP contribution is 2.09. The van der Waals surface area contributed by atoms with Gasteiger partial charge in [0.2, 0.25) is 0 Å². The number of aryl methyl sites for hydroxylation is 1. The first-order valence-electron chi connectivity index (χ1n) is 8.61. The summed E-state index contributed by atoms with van der Waals surface area (Å²) in [6.07, 6.45) is -0.609. The van der Waals surface area contributed by atoms with Gasteiger partial charge in [-0.05, 0) is 46.8 Å². The molecule has 0 saturated carbocycles. The maximum Gasteiger partial charge on any atom is 0.408 e. The maximum absolute atomic E-state index is 11.4. The third-order valence-corrected chi connectivity index (χ3v) is 3.87. The van der Waals surface area contributed by atoms with Gasteiger partial charge in [0, 0.05) is 13.0 Å². The summed E-state index contributed by atoms with van der Waals surface area (Å²) in [6.45, 7) is 8.67. The van der Waals surface area contributed by atoms with Gasteiger partial charge in [-0.2, -0.15) is 8.42 Å². The van der Waals surface area contributed by atoms with Crippen molar-refractivity contribution < 1.29 is 37.1 Å². The van der Waals surface area contributed by atoms with Crippen LogP contribution in [-0.2, 0) is 24.4 Å². The molecule has 28 heavy (non-hydrogen) atoms. The van der Waals surface area contributed by atoms with Gasteiger partial charge >= 0.3 is 12.1 Å². The first-order valence-corrected chi connectivity index (χ1v) is 10.0. The van der Waals surface area contributed by atoms with E-state index in [9.17, 15) is 18.0 Å². The molecule has 0 radical (unpaired) electrons. The number of hydrogen-bond acceptors (Lipinski definition) is 7. The Morgan fingerprint density at radius 3 is 2.11 bits per heavy atom. The van der Waals surface area contributed by atoms with E-state index in [1.165, 1.54) is 12.1 Å². The number of hydrogen-bond donors (Lipinski definition) is 3. The number of aliphatic hydroxyl groups excluding tert-OH is 1. The summed E-state index contributed by atoms with van der Waals surface area (Å²) >= 11 is 0. The summed E-state index contributed by atoms with van der Waals surface area (Å²) in [6, 6.07) is 5.11. The van der Waals surface area contributed by atoms with Crippen LogP contribution in [-0.4, -0.2) is 55.0 Å². The minimum Gasteiger partial charge on any atom is -0.464 e. The van der Waals surface area contributed by atoms with E-state index in [4.69, 9.17) is 19.1 Å². The number of amides is 1. The molecule has 0 fully saturated rings. The van der Waals surface area contributed by atoms with Crippen LogP contribution in [0.15, 0.2) is 29.2 Å². The van der Waals surface area contributed by atoms with Crippen LogP contribution < -0.4 is 5.32 Å². The first-order chi connectivity index (χ1) is 12.8. The van der Waals surface area contributed by atoms with Crippen LogP contribution in [0.3, 0.4) is 0 Å². The van der Waals surface area contributed by atoms with E-state index in [1.54, 1.807) is 39.8 Å². The third kappa shape index (κ3) is 11.5. The van der Waals surface area contributed by atoms with Crippen molar-refractivity contribution in [1.82, 2.24) is 5.32 Å². The van der Waals surface area contributed by atoms with Crippen LogP contribution in [0.4, 0.5) is 4.79 Å². The van der Waals surface area contributed by atoms with E-state index in [0.717, 1.165) is 5.56 Å². The Kier molecular flexibility index (Phi) is 10.7. The van der Waals surface area contributed by atoms with E-state index in [1.807, 2.05) is 6.92 Å². The lowest BCUT2D eigenvalue weighted by Gasteiger charge is -2.22. The summed E-state index contributed by atoms with van der Waals surface area (Å²) in [5.41, 5.74) is 0.320. The summed E-state index contributed by atoms with van der Waals surface area (Å²) in [4.78, 5) is 22.8. The van der Waals surface area contributed by atoms with Crippen LogP contribution in [0.5, 0.6) is 0 Å². The Hall–Kier alpha value is -2.17. The zero-order chi connectivity index (χ0) is 22.0. The lowest BCUT2D eigenvalue weighted by Crippen LogP contribution is -2.44. The molecule has 3 N–H and O–H groups in total. The lowest BCUT2D eigenvalue weighted by molar-refractivity contribution is -0.146.